The summed E-state index contributed by atoms with van der Waals surface area (Å²) in [6, 6.07) is -0.696. The van der Waals surface area contributed by atoms with Crippen molar-refractivity contribution in [1.29, 1.82) is 0 Å². The molecular weight excluding hydrogens is 291 g/mol. The fraction of sp³-hybridized carbons (Fsp3) is 0.846. The van der Waals surface area contributed by atoms with E-state index in [0.29, 0.717) is 12.8 Å². The number of fused-ring (bicyclic) bond motifs is 1. The van der Waals surface area contributed by atoms with Gasteiger partial charge in [-0.1, -0.05) is 6.42 Å². The summed E-state index contributed by atoms with van der Waals surface area (Å²) >= 11 is 0. The Kier molecular flexibility index (Phi) is 4.88. The number of piperidine rings is 1. The highest BCUT2D eigenvalue weighted by molar-refractivity contribution is 6.01. The summed E-state index contributed by atoms with van der Waals surface area (Å²) in [6.45, 7) is 1.79. The number of nitrogens with one attached hydrogen (secondary N) is 1. The lowest BCUT2D eigenvalue weighted by atomic mass is 9.73. The molecule has 0 radical (unpaired) electrons. The molecular formula is C13H18F3NO4. The zero-order chi connectivity index (χ0) is 15.6. The van der Waals surface area contributed by atoms with Crippen molar-refractivity contribution >= 4 is 11.8 Å². The standard InChI is InChI=1S/C13H18F3NO4/c1-2-20-12(19)8-6-17-10-7(11(8)18)4-3-5-9(10)21-13(14,15)16/h7-10,17H,2-6H2,1H3. The lowest BCUT2D eigenvalue weighted by Crippen LogP contribution is -2.60. The van der Waals surface area contributed by atoms with Crippen molar-refractivity contribution in [3.8, 4) is 0 Å². The fourth-order valence-corrected chi connectivity index (χ4v) is 3.11. The molecule has 1 N–H and O–H groups in total. The third-order valence-corrected chi connectivity index (χ3v) is 3.96. The Morgan fingerprint density at radius 2 is 2.10 bits per heavy atom. The minimum atomic E-state index is -4.73. The van der Waals surface area contributed by atoms with E-state index in [2.05, 4.69) is 10.1 Å². The van der Waals surface area contributed by atoms with Gasteiger partial charge in [-0.15, -0.1) is 13.2 Å². The maximum atomic E-state index is 12.4. The number of hydrogen-bond acceptors (Lipinski definition) is 5. The Morgan fingerprint density at radius 3 is 2.71 bits per heavy atom. The van der Waals surface area contributed by atoms with Crippen LogP contribution >= 0.6 is 0 Å². The van der Waals surface area contributed by atoms with Crippen molar-refractivity contribution in [2.75, 3.05) is 13.2 Å². The van der Waals surface area contributed by atoms with Crippen LogP contribution in [0.25, 0.3) is 0 Å². The molecule has 8 heteroatoms. The van der Waals surface area contributed by atoms with Crippen molar-refractivity contribution in [2.24, 2.45) is 11.8 Å². The van der Waals surface area contributed by atoms with Gasteiger partial charge in [0.05, 0.1) is 12.7 Å². The number of halogens is 3. The van der Waals surface area contributed by atoms with E-state index in [-0.39, 0.29) is 25.4 Å². The molecule has 0 aromatic rings. The summed E-state index contributed by atoms with van der Waals surface area (Å²) in [7, 11) is 0. The highest BCUT2D eigenvalue weighted by atomic mass is 19.4. The van der Waals surface area contributed by atoms with Crippen molar-refractivity contribution in [3.05, 3.63) is 0 Å². The van der Waals surface area contributed by atoms with Gasteiger partial charge in [0.15, 0.2) is 5.78 Å². The summed E-state index contributed by atoms with van der Waals surface area (Å²) in [6.07, 6.45) is -4.65. The zero-order valence-corrected chi connectivity index (χ0v) is 11.6. The normalized spacial score (nSPS) is 33.4. The molecule has 0 aromatic carbocycles. The number of carbonyl (C=O) groups is 2. The van der Waals surface area contributed by atoms with Gasteiger partial charge in [-0.2, -0.15) is 0 Å². The second-order valence-electron chi connectivity index (χ2n) is 5.28. The van der Waals surface area contributed by atoms with Crippen LogP contribution in [0.3, 0.4) is 0 Å². The van der Waals surface area contributed by atoms with Gasteiger partial charge >= 0.3 is 12.3 Å². The molecule has 0 bridgehead atoms. The SMILES string of the molecule is CCOC(=O)C1CNC2C(OC(F)(F)F)CCCC2C1=O. The van der Waals surface area contributed by atoms with Crippen LogP contribution in [0.1, 0.15) is 26.2 Å². The molecule has 0 aromatic heterocycles. The first-order valence-electron chi connectivity index (χ1n) is 7.01. The molecule has 4 unspecified atom stereocenters. The Labute approximate surface area is 120 Å². The molecule has 1 aliphatic carbocycles. The van der Waals surface area contributed by atoms with Crippen LogP contribution in [0, 0.1) is 11.8 Å². The van der Waals surface area contributed by atoms with Gasteiger partial charge in [-0.3, -0.25) is 14.3 Å². The Morgan fingerprint density at radius 1 is 1.38 bits per heavy atom. The molecule has 0 spiro atoms. The molecule has 120 valence electrons. The van der Waals surface area contributed by atoms with Crippen molar-refractivity contribution in [3.63, 3.8) is 0 Å². The number of ether oxygens (including phenoxy) is 2. The Bertz CT molecular complexity index is 413. The predicted molar refractivity (Wildman–Crippen MR) is 65.2 cm³/mol. The smallest absolute Gasteiger partial charge is 0.465 e. The minimum Gasteiger partial charge on any atom is -0.465 e. The van der Waals surface area contributed by atoms with Crippen LogP contribution in [0.15, 0.2) is 0 Å². The third kappa shape index (κ3) is 3.74. The van der Waals surface area contributed by atoms with Crippen LogP contribution in [0.4, 0.5) is 13.2 Å². The van der Waals surface area contributed by atoms with E-state index in [9.17, 15) is 22.8 Å². The summed E-state index contributed by atoms with van der Waals surface area (Å²) in [4.78, 5) is 24.0. The van der Waals surface area contributed by atoms with Crippen LogP contribution in [-0.2, 0) is 19.1 Å². The average molecular weight is 309 g/mol. The third-order valence-electron chi connectivity index (χ3n) is 3.96. The van der Waals surface area contributed by atoms with E-state index in [0.717, 1.165) is 0 Å². The average Bonchev–Trinajstić information content (AvgIpc) is 2.38. The van der Waals surface area contributed by atoms with Gasteiger partial charge in [0.1, 0.15) is 5.92 Å². The highest BCUT2D eigenvalue weighted by Crippen LogP contribution is 2.35. The quantitative estimate of drug-likeness (QED) is 0.631. The maximum absolute atomic E-state index is 12.4. The van der Waals surface area contributed by atoms with Crippen molar-refractivity contribution in [2.45, 2.75) is 44.7 Å². The highest BCUT2D eigenvalue weighted by Gasteiger charge is 2.49. The maximum Gasteiger partial charge on any atom is 0.522 e. The van der Waals surface area contributed by atoms with E-state index in [1.54, 1.807) is 6.92 Å². The van der Waals surface area contributed by atoms with E-state index in [4.69, 9.17) is 4.74 Å². The fourth-order valence-electron chi connectivity index (χ4n) is 3.11. The van der Waals surface area contributed by atoms with Crippen LogP contribution in [0.5, 0.6) is 0 Å². The molecule has 2 fully saturated rings. The molecule has 21 heavy (non-hydrogen) atoms. The van der Waals surface area contributed by atoms with Gasteiger partial charge < -0.3 is 10.1 Å². The van der Waals surface area contributed by atoms with E-state index in [1.165, 1.54) is 0 Å². The van der Waals surface area contributed by atoms with Crippen LogP contribution in [-0.4, -0.2) is 43.4 Å². The number of rotatable bonds is 3. The summed E-state index contributed by atoms with van der Waals surface area (Å²) in [5.41, 5.74) is 0. The second kappa shape index (κ2) is 6.31. The summed E-state index contributed by atoms with van der Waals surface area (Å²) in [5, 5.41) is 2.87. The lowest BCUT2D eigenvalue weighted by Gasteiger charge is -2.42. The largest absolute Gasteiger partial charge is 0.522 e. The number of esters is 1. The van der Waals surface area contributed by atoms with Crippen LogP contribution in [0.2, 0.25) is 0 Å². The molecule has 1 heterocycles. The molecule has 1 saturated carbocycles. The second-order valence-corrected chi connectivity index (χ2v) is 5.28. The van der Waals surface area contributed by atoms with Gasteiger partial charge in [0, 0.05) is 18.5 Å². The minimum absolute atomic E-state index is 0.00342. The Hall–Kier alpha value is -1.15. The number of ketones is 1. The van der Waals surface area contributed by atoms with E-state index < -0.39 is 36.3 Å². The molecule has 5 nitrogen and oxygen atoms in total. The molecule has 1 aliphatic heterocycles. The zero-order valence-electron chi connectivity index (χ0n) is 11.6. The van der Waals surface area contributed by atoms with E-state index >= 15 is 0 Å². The topological polar surface area (TPSA) is 64.6 Å². The van der Waals surface area contributed by atoms with Crippen molar-refractivity contribution < 1.29 is 32.2 Å². The summed E-state index contributed by atoms with van der Waals surface area (Å²) in [5.74, 6) is -2.52. The number of Topliss-reactive ketones (excluding diaryl/α,β-unsaturated/α-hetero) is 1. The predicted octanol–water partition coefficient (Wildman–Crippen LogP) is 1.41. The van der Waals surface area contributed by atoms with Gasteiger partial charge in [0.25, 0.3) is 0 Å². The number of carbonyl (C=O) groups excluding carboxylic acids is 2. The lowest BCUT2D eigenvalue weighted by molar-refractivity contribution is -0.349. The molecule has 2 aliphatic rings. The van der Waals surface area contributed by atoms with Crippen molar-refractivity contribution in [1.82, 2.24) is 5.32 Å². The monoisotopic (exact) mass is 309 g/mol. The molecule has 0 amide bonds. The molecule has 4 atom stereocenters. The van der Waals surface area contributed by atoms with Gasteiger partial charge in [0.2, 0.25) is 0 Å². The van der Waals surface area contributed by atoms with E-state index in [1.807, 2.05) is 0 Å². The summed E-state index contributed by atoms with van der Waals surface area (Å²) < 4.78 is 46.1. The first-order valence-corrected chi connectivity index (χ1v) is 7.01. The first kappa shape index (κ1) is 16.2. The van der Waals surface area contributed by atoms with Gasteiger partial charge in [-0.25, -0.2) is 0 Å². The molecule has 2 rings (SSSR count). The number of hydrogen-bond donors (Lipinski definition) is 1. The van der Waals surface area contributed by atoms with Gasteiger partial charge in [-0.05, 0) is 19.8 Å². The number of alkyl halides is 3. The van der Waals surface area contributed by atoms with Crippen LogP contribution < -0.4 is 5.32 Å². The Balaban J connectivity index is 2.07. The molecule has 1 saturated heterocycles. The first-order chi connectivity index (χ1) is 9.83.